The van der Waals surface area contributed by atoms with E-state index < -0.39 is 6.29 Å². The zero-order chi connectivity index (χ0) is 23.0. The zero-order valence-corrected chi connectivity index (χ0v) is 20.2. The van der Waals surface area contributed by atoms with Crippen LogP contribution < -0.4 is 0 Å². The van der Waals surface area contributed by atoms with Crippen molar-refractivity contribution < 1.29 is 19.0 Å². The highest BCUT2D eigenvalue weighted by atomic mass is 16.7. The molecule has 0 atom stereocenters. The van der Waals surface area contributed by atoms with Gasteiger partial charge in [0.05, 0.1) is 0 Å². The highest BCUT2D eigenvalue weighted by molar-refractivity contribution is 5.70. The molecule has 0 unspecified atom stereocenters. The maximum atomic E-state index is 11.9. The molecule has 0 N–H and O–H groups in total. The summed E-state index contributed by atoms with van der Waals surface area (Å²) in [5.41, 5.74) is 0.168. The van der Waals surface area contributed by atoms with Gasteiger partial charge in [0.25, 0.3) is 0 Å². The maximum Gasteiger partial charge on any atom is 0.310 e. The van der Waals surface area contributed by atoms with Gasteiger partial charge >= 0.3 is 5.97 Å². The third-order valence-corrected chi connectivity index (χ3v) is 4.98. The lowest BCUT2D eigenvalue weighted by atomic mass is 10.1. The molecule has 0 amide bonds. The Bertz CT molecular complexity index is 516. The predicted octanol–water partition coefficient (Wildman–Crippen LogP) is 7.37. The first kappa shape index (κ1) is 29.4. The van der Waals surface area contributed by atoms with E-state index in [9.17, 15) is 10.1 Å². The minimum atomic E-state index is -0.785. The molecule has 0 bridgehead atoms. The molecule has 0 saturated carbocycles. The molecule has 0 heterocycles. The zero-order valence-electron chi connectivity index (χ0n) is 20.2. The summed E-state index contributed by atoms with van der Waals surface area (Å²) in [6.07, 6.45) is 21.3. The fourth-order valence-corrected chi connectivity index (χ4v) is 3.19. The van der Waals surface area contributed by atoms with Gasteiger partial charge < -0.3 is 14.2 Å². The summed E-state index contributed by atoms with van der Waals surface area (Å²) in [6.45, 7) is 6.71. The minimum absolute atomic E-state index is 0.168. The van der Waals surface area contributed by atoms with Crippen LogP contribution in [-0.2, 0) is 19.0 Å². The highest BCUT2D eigenvalue weighted by Gasteiger charge is 2.15. The Hall–Kier alpha value is -1.64. The van der Waals surface area contributed by atoms with E-state index in [0.717, 1.165) is 31.9 Å². The first-order chi connectivity index (χ1) is 15.2. The molecule has 0 saturated heterocycles. The molecule has 0 spiro atoms. The van der Waals surface area contributed by atoms with Crippen molar-refractivity contribution in [3.05, 3.63) is 24.0 Å². The molecular formula is C26H45NO4. The number of rotatable bonds is 21. The number of esters is 1. The Labute approximate surface area is 190 Å². The van der Waals surface area contributed by atoms with E-state index in [1.54, 1.807) is 0 Å². The fourth-order valence-electron chi connectivity index (χ4n) is 3.19. The van der Waals surface area contributed by atoms with Crippen LogP contribution in [0.3, 0.4) is 0 Å². The lowest BCUT2D eigenvalue weighted by Crippen LogP contribution is -2.20. The standard InChI is InChI=1S/C26H45NO4/c1-4-7-8-9-10-11-12-13-14-15-16-17-18-19-20-21-25(28)31-23-24(22-27)26(29-5-2)30-6-3/h13-14,23,26H,4-12,15-21H2,1-3H3/b14-13-,24-23-. The van der Waals surface area contributed by atoms with Crippen LogP contribution in [0.25, 0.3) is 0 Å². The number of allylic oxidation sites excluding steroid dienone is 2. The summed E-state index contributed by atoms with van der Waals surface area (Å²) in [7, 11) is 0. The van der Waals surface area contributed by atoms with Crippen LogP contribution in [0.2, 0.25) is 0 Å². The molecule has 0 rings (SSSR count). The summed E-state index contributed by atoms with van der Waals surface area (Å²) in [5.74, 6) is -0.322. The second kappa shape index (κ2) is 23.0. The molecule has 0 aromatic rings. The summed E-state index contributed by atoms with van der Waals surface area (Å²) in [4.78, 5) is 11.9. The molecule has 0 aromatic heterocycles. The average Bonchev–Trinajstić information content (AvgIpc) is 2.77. The van der Waals surface area contributed by atoms with Crippen molar-refractivity contribution in [2.45, 2.75) is 117 Å². The number of carbonyl (C=O) groups excluding carboxylic acids is 1. The van der Waals surface area contributed by atoms with Gasteiger partial charge in [0.2, 0.25) is 0 Å². The van der Waals surface area contributed by atoms with Gasteiger partial charge in [-0.1, -0.05) is 70.4 Å². The lowest BCUT2D eigenvalue weighted by Gasteiger charge is -2.15. The molecule has 31 heavy (non-hydrogen) atoms. The van der Waals surface area contributed by atoms with E-state index in [2.05, 4.69) is 19.1 Å². The van der Waals surface area contributed by atoms with Gasteiger partial charge in [-0.05, 0) is 46.0 Å². The van der Waals surface area contributed by atoms with Crippen molar-refractivity contribution in [1.29, 1.82) is 5.26 Å². The van der Waals surface area contributed by atoms with E-state index in [1.807, 2.05) is 19.9 Å². The molecule has 5 nitrogen and oxygen atoms in total. The van der Waals surface area contributed by atoms with Gasteiger partial charge in [-0.2, -0.15) is 5.26 Å². The molecule has 0 aliphatic carbocycles. The van der Waals surface area contributed by atoms with Crippen LogP contribution in [0, 0.1) is 11.3 Å². The van der Waals surface area contributed by atoms with Crippen molar-refractivity contribution in [1.82, 2.24) is 0 Å². The number of nitrogens with zero attached hydrogens (tertiary/aromatic N) is 1. The summed E-state index contributed by atoms with van der Waals surface area (Å²) >= 11 is 0. The lowest BCUT2D eigenvalue weighted by molar-refractivity contribution is -0.138. The van der Waals surface area contributed by atoms with Crippen LogP contribution in [0.4, 0.5) is 0 Å². The number of nitriles is 1. The monoisotopic (exact) mass is 435 g/mol. The third-order valence-electron chi connectivity index (χ3n) is 4.98. The van der Waals surface area contributed by atoms with Crippen LogP contribution in [0.15, 0.2) is 24.0 Å². The highest BCUT2D eigenvalue weighted by Crippen LogP contribution is 2.12. The van der Waals surface area contributed by atoms with Crippen molar-refractivity contribution in [3.63, 3.8) is 0 Å². The smallest absolute Gasteiger partial charge is 0.310 e. The quantitative estimate of drug-likeness (QED) is 0.0470. The third kappa shape index (κ3) is 18.8. The van der Waals surface area contributed by atoms with E-state index in [1.165, 1.54) is 57.8 Å². The van der Waals surface area contributed by atoms with Crippen LogP contribution in [0.5, 0.6) is 0 Å². The number of hydrogen-bond donors (Lipinski definition) is 0. The van der Waals surface area contributed by atoms with E-state index >= 15 is 0 Å². The molecule has 0 aliphatic rings. The van der Waals surface area contributed by atoms with E-state index in [4.69, 9.17) is 14.2 Å². The molecular weight excluding hydrogens is 390 g/mol. The minimum Gasteiger partial charge on any atom is -0.433 e. The fraction of sp³-hybridized carbons (Fsp3) is 0.769. The van der Waals surface area contributed by atoms with E-state index in [-0.39, 0.29) is 11.5 Å². The second-order valence-electron chi connectivity index (χ2n) is 7.75. The van der Waals surface area contributed by atoms with Crippen molar-refractivity contribution in [2.24, 2.45) is 0 Å². The van der Waals surface area contributed by atoms with E-state index in [0.29, 0.717) is 19.6 Å². The molecule has 178 valence electrons. The first-order valence-corrected chi connectivity index (χ1v) is 12.4. The van der Waals surface area contributed by atoms with Gasteiger partial charge in [0, 0.05) is 19.6 Å². The summed E-state index contributed by atoms with van der Waals surface area (Å²) in [5, 5.41) is 9.21. The number of ether oxygens (including phenoxy) is 3. The van der Waals surface area contributed by atoms with Gasteiger partial charge in [-0.25, -0.2) is 0 Å². The molecule has 0 aromatic carbocycles. The van der Waals surface area contributed by atoms with Crippen molar-refractivity contribution in [2.75, 3.05) is 13.2 Å². The number of carbonyl (C=O) groups is 1. The van der Waals surface area contributed by atoms with Crippen LogP contribution >= 0.6 is 0 Å². The Morgan fingerprint density at radius 3 is 1.84 bits per heavy atom. The first-order valence-electron chi connectivity index (χ1n) is 12.4. The normalized spacial score (nSPS) is 11.9. The Morgan fingerprint density at radius 1 is 0.806 bits per heavy atom. The van der Waals surface area contributed by atoms with Gasteiger partial charge in [0.15, 0.2) is 6.29 Å². The predicted molar refractivity (Wildman–Crippen MR) is 126 cm³/mol. The van der Waals surface area contributed by atoms with Gasteiger partial charge in [-0.3, -0.25) is 4.79 Å². The largest absolute Gasteiger partial charge is 0.433 e. The van der Waals surface area contributed by atoms with Crippen LogP contribution in [-0.4, -0.2) is 25.5 Å². The Kier molecular flexibility index (Phi) is 21.8. The van der Waals surface area contributed by atoms with Gasteiger partial charge in [0.1, 0.15) is 17.9 Å². The number of hydrogen-bond acceptors (Lipinski definition) is 5. The van der Waals surface area contributed by atoms with Crippen LogP contribution in [0.1, 0.15) is 111 Å². The summed E-state index contributed by atoms with van der Waals surface area (Å²) < 4.78 is 15.8. The Balaban J connectivity index is 3.71. The molecule has 0 fully saturated rings. The van der Waals surface area contributed by atoms with Crippen molar-refractivity contribution in [3.8, 4) is 6.07 Å². The molecule has 5 heteroatoms. The molecule has 0 radical (unpaired) electrons. The maximum absolute atomic E-state index is 11.9. The number of unbranched alkanes of at least 4 members (excludes halogenated alkanes) is 11. The summed E-state index contributed by atoms with van der Waals surface area (Å²) in [6, 6.07) is 1.98. The topological polar surface area (TPSA) is 68.6 Å². The second-order valence-corrected chi connectivity index (χ2v) is 7.75. The molecule has 0 aliphatic heterocycles. The van der Waals surface area contributed by atoms with Gasteiger partial charge in [-0.15, -0.1) is 0 Å². The SMILES string of the molecule is CCCCCCCC/C=C\CCCCCCCC(=O)O/C=C(/C#N)C(OCC)OCC. The Morgan fingerprint density at radius 2 is 1.32 bits per heavy atom. The van der Waals surface area contributed by atoms with Crippen molar-refractivity contribution >= 4 is 5.97 Å². The average molecular weight is 436 g/mol.